The molecular weight excluding hydrogens is 210 g/mol. The third kappa shape index (κ3) is 4.54. The molecule has 5 nitrogen and oxygen atoms in total. The number of nitro groups is 1. The number of nitrogens with zero attached hydrogens (tertiary/aromatic N) is 1. The lowest BCUT2D eigenvalue weighted by molar-refractivity contribution is -0.489. The zero-order valence-corrected chi connectivity index (χ0v) is 8.96. The van der Waals surface area contributed by atoms with Gasteiger partial charge >= 0.3 is 5.97 Å². The second-order valence-corrected chi connectivity index (χ2v) is 3.44. The van der Waals surface area contributed by atoms with Crippen LogP contribution in [0.2, 0.25) is 0 Å². The third-order valence-electron chi connectivity index (χ3n) is 1.99. The van der Waals surface area contributed by atoms with Crippen LogP contribution >= 0.6 is 0 Å². The number of benzene rings is 1. The fourth-order valence-electron chi connectivity index (χ4n) is 1.42. The van der Waals surface area contributed by atoms with Crippen LogP contribution in [0.5, 0.6) is 0 Å². The molecule has 0 unspecified atom stereocenters. The first-order valence-corrected chi connectivity index (χ1v) is 4.91. The van der Waals surface area contributed by atoms with Gasteiger partial charge in [-0.1, -0.05) is 30.3 Å². The van der Waals surface area contributed by atoms with Crippen molar-refractivity contribution in [3.8, 4) is 0 Å². The fraction of sp³-hybridized carbons (Fsp3) is 0.364. The van der Waals surface area contributed by atoms with Gasteiger partial charge in [0.25, 0.3) is 0 Å². The number of hydrogen-bond donors (Lipinski definition) is 0. The maximum absolute atomic E-state index is 10.8. The monoisotopic (exact) mass is 223 g/mol. The van der Waals surface area contributed by atoms with Crippen molar-refractivity contribution in [1.29, 1.82) is 0 Å². The Morgan fingerprint density at radius 2 is 2.06 bits per heavy atom. The summed E-state index contributed by atoms with van der Waals surface area (Å²) in [6.07, 6.45) is -0.337. The predicted octanol–water partition coefficient (Wildman–Crippen LogP) is 1.44. The van der Waals surface area contributed by atoms with Gasteiger partial charge in [-0.2, -0.15) is 0 Å². The third-order valence-corrected chi connectivity index (χ3v) is 1.99. The van der Waals surface area contributed by atoms with E-state index < -0.39 is 17.0 Å². The zero-order chi connectivity index (χ0) is 12.0. The highest BCUT2D eigenvalue weighted by Gasteiger charge is 2.18. The molecule has 0 heterocycles. The highest BCUT2D eigenvalue weighted by Crippen LogP contribution is 2.06. The molecule has 0 saturated heterocycles. The van der Waals surface area contributed by atoms with Gasteiger partial charge in [-0.25, -0.2) is 0 Å². The zero-order valence-electron chi connectivity index (χ0n) is 8.96. The van der Waals surface area contributed by atoms with Gasteiger partial charge in [0.15, 0.2) is 6.10 Å². The molecule has 1 aromatic carbocycles. The van der Waals surface area contributed by atoms with Gasteiger partial charge in [0, 0.05) is 18.3 Å². The molecule has 86 valence electrons. The van der Waals surface area contributed by atoms with Crippen molar-refractivity contribution in [2.24, 2.45) is 0 Å². The van der Waals surface area contributed by atoms with Gasteiger partial charge in [-0.05, 0) is 5.56 Å². The summed E-state index contributed by atoms with van der Waals surface area (Å²) in [5.74, 6) is -0.497. The van der Waals surface area contributed by atoms with Crippen LogP contribution in [0.1, 0.15) is 12.5 Å². The van der Waals surface area contributed by atoms with Crippen LogP contribution in [-0.4, -0.2) is 23.5 Å². The SMILES string of the molecule is CC(=O)O[C@@H](Cc1ccccc1)C[N+](=O)[O-]. The molecule has 0 bridgehead atoms. The smallest absolute Gasteiger partial charge is 0.303 e. The second-order valence-electron chi connectivity index (χ2n) is 3.44. The summed E-state index contributed by atoms with van der Waals surface area (Å²) in [5, 5.41) is 10.4. The number of ether oxygens (including phenoxy) is 1. The lowest BCUT2D eigenvalue weighted by atomic mass is 10.1. The average molecular weight is 223 g/mol. The van der Waals surface area contributed by atoms with Gasteiger partial charge in [0.2, 0.25) is 6.54 Å². The van der Waals surface area contributed by atoms with E-state index in [4.69, 9.17) is 4.74 Å². The second kappa shape index (κ2) is 5.85. The molecule has 16 heavy (non-hydrogen) atoms. The maximum Gasteiger partial charge on any atom is 0.303 e. The topological polar surface area (TPSA) is 69.4 Å². The van der Waals surface area contributed by atoms with Crippen LogP contribution in [-0.2, 0) is 16.0 Å². The molecule has 1 atom stereocenters. The number of carbonyl (C=O) groups excluding carboxylic acids is 1. The Morgan fingerprint density at radius 1 is 1.44 bits per heavy atom. The summed E-state index contributed by atoms with van der Waals surface area (Å²) in [5.41, 5.74) is 0.913. The molecule has 0 aliphatic carbocycles. The van der Waals surface area contributed by atoms with E-state index in [2.05, 4.69) is 0 Å². The van der Waals surface area contributed by atoms with Crippen molar-refractivity contribution < 1.29 is 14.5 Å². The summed E-state index contributed by atoms with van der Waals surface area (Å²) in [7, 11) is 0. The highest BCUT2D eigenvalue weighted by molar-refractivity contribution is 5.66. The molecule has 1 rings (SSSR count). The van der Waals surface area contributed by atoms with E-state index in [1.807, 2.05) is 30.3 Å². The summed E-state index contributed by atoms with van der Waals surface area (Å²) in [4.78, 5) is 20.7. The van der Waals surface area contributed by atoms with E-state index in [1.165, 1.54) is 6.92 Å². The minimum Gasteiger partial charge on any atom is -0.455 e. The van der Waals surface area contributed by atoms with Gasteiger partial charge in [-0.15, -0.1) is 0 Å². The van der Waals surface area contributed by atoms with Crippen LogP contribution < -0.4 is 0 Å². The normalized spacial score (nSPS) is 11.8. The Morgan fingerprint density at radius 3 is 2.56 bits per heavy atom. The highest BCUT2D eigenvalue weighted by atomic mass is 16.6. The van der Waals surface area contributed by atoms with Gasteiger partial charge < -0.3 is 4.74 Å². The molecule has 0 fully saturated rings. The quantitative estimate of drug-likeness (QED) is 0.430. The average Bonchev–Trinajstić information content (AvgIpc) is 2.16. The number of carbonyl (C=O) groups is 1. The summed E-state index contributed by atoms with van der Waals surface area (Å²) in [6, 6.07) is 9.23. The lowest BCUT2D eigenvalue weighted by Gasteiger charge is -2.12. The van der Waals surface area contributed by atoms with E-state index in [-0.39, 0.29) is 6.54 Å². The largest absolute Gasteiger partial charge is 0.455 e. The first-order chi connectivity index (χ1) is 7.58. The Labute approximate surface area is 93.2 Å². The maximum atomic E-state index is 10.8. The Bertz CT molecular complexity index is 348. The van der Waals surface area contributed by atoms with Gasteiger partial charge in [0.05, 0.1) is 0 Å². The molecular formula is C11H13NO4. The van der Waals surface area contributed by atoms with Crippen LogP contribution in [0, 0.1) is 10.1 Å². The Kier molecular flexibility index (Phi) is 4.44. The number of hydrogen-bond acceptors (Lipinski definition) is 4. The van der Waals surface area contributed by atoms with Crippen LogP contribution in [0.25, 0.3) is 0 Å². The first kappa shape index (κ1) is 12.2. The molecule has 0 saturated carbocycles. The molecule has 0 N–H and O–H groups in total. The summed E-state index contributed by atoms with van der Waals surface area (Å²) in [6.45, 7) is 0.881. The van der Waals surface area contributed by atoms with Crippen LogP contribution in [0.4, 0.5) is 0 Å². The summed E-state index contributed by atoms with van der Waals surface area (Å²) < 4.78 is 4.88. The minimum absolute atomic E-state index is 0.363. The van der Waals surface area contributed by atoms with Crippen molar-refractivity contribution in [3.05, 3.63) is 46.0 Å². The van der Waals surface area contributed by atoms with E-state index in [0.717, 1.165) is 5.56 Å². The van der Waals surface area contributed by atoms with Gasteiger partial charge in [0.1, 0.15) is 0 Å². The first-order valence-electron chi connectivity index (χ1n) is 4.91. The van der Waals surface area contributed by atoms with Crippen molar-refractivity contribution in [3.63, 3.8) is 0 Å². The van der Waals surface area contributed by atoms with Gasteiger partial charge in [-0.3, -0.25) is 14.9 Å². The Hall–Kier alpha value is -1.91. The fourth-order valence-corrected chi connectivity index (χ4v) is 1.42. The number of esters is 1. The molecule has 0 radical (unpaired) electrons. The van der Waals surface area contributed by atoms with E-state index in [9.17, 15) is 14.9 Å². The number of rotatable bonds is 5. The van der Waals surface area contributed by atoms with Crippen molar-refractivity contribution in [1.82, 2.24) is 0 Å². The minimum atomic E-state index is -0.699. The molecule has 0 aliphatic heterocycles. The van der Waals surface area contributed by atoms with Crippen molar-refractivity contribution >= 4 is 5.97 Å². The van der Waals surface area contributed by atoms with Crippen molar-refractivity contribution in [2.75, 3.05) is 6.54 Å². The molecule has 0 spiro atoms. The predicted molar refractivity (Wildman–Crippen MR) is 57.6 cm³/mol. The molecule has 1 aromatic rings. The Balaban J connectivity index is 2.63. The van der Waals surface area contributed by atoms with E-state index >= 15 is 0 Å². The molecule has 0 amide bonds. The van der Waals surface area contributed by atoms with Crippen LogP contribution in [0.15, 0.2) is 30.3 Å². The molecule has 0 aromatic heterocycles. The van der Waals surface area contributed by atoms with E-state index in [1.54, 1.807) is 0 Å². The summed E-state index contributed by atoms with van der Waals surface area (Å²) >= 11 is 0. The standard InChI is InChI=1S/C11H13NO4/c1-9(13)16-11(8-12(14)15)7-10-5-3-2-4-6-10/h2-6,11H,7-8H2,1H3/t11-/m0/s1. The van der Waals surface area contributed by atoms with E-state index in [0.29, 0.717) is 6.42 Å². The lowest BCUT2D eigenvalue weighted by Crippen LogP contribution is -2.27. The van der Waals surface area contributed by atoms with Crippen molar-refractivity contribution in [2.45, 2.75) is 19.4 Å². The molecule has 5 heteroatoms. The van der Waals surface area contributed by atoms with Crippen LogP contribution in [0.3, 0.4) is 0 Å². The molecule has 0 aliphatic rings.